The second-order valence-corrected chi connectivity index (χ2v) is 12.1. The van der Waals surface area contributed by atoms with E-state index in [1.54, 1.807) is 0 Å². The van der Waals surface area contributed by atoms with Gasteiger partial charge in [0.05, 0.1) is 11.7 Å². The summed E-state index contributed by atoms with van der Waals surface area (Å²) in [4.78, 5) is 23.0. The standard InChI is InChI=1S/2C13H25N3O2/c2*1-13(2,3)18-12(17)16-8-9-4-6-10(7-5-9)11(14)15/h2*9-10H,4-8H2,1-3H3,(H3,14,15)(H,16,17). The van der Waals surface area contributed by atoms with Gasteiger partial charge in [0.2, 0.25) is 0 Å². The van der Waals surface area contributed by atoms with E-state index in [1.165, 1.54) is 0 Å². The molecule has 0 unspecified atom stereocenters. The molecule has 0 aromatic rings. The van der Waals surface area contributed by atoms with E-state index in [2.05, 4.69) is 10.6 Å². The third-order valence-electron chi connectivity index (χ3n) is 6.44. The van der Waals surface area contributed by atoms with E-state index < -0.39 is 11.2 Å². The average molecular weight is 511 g/mol. The summed E-state index contributed by atoms with van der Waals surface area (Å²) in [5, 5.41) is 20.4. The monoisotopic (exact) mass is 510 g/mol. The lowest BCUT2D eigenvalue weighted by molar-refractivity contribution is 0.0503. The zero-order valence-electron chi connectivity index (χ0n) is 23.2. The van der Waals surface area contributed by atoms with Gasteiger partial charge in [-0.25, -0.2) is 9.59 Å². The van der Waals surface area contributed by atoms with Gasteiger partial charge in [0.25, 0.3) is 0 Å². The van der Waals surface area contributed by atoms with Crippen molar-refractivity contribution in [3.8, 4) is 0 Å². The molecule has 0 aromatic carbocycles. The molecule has 2 fully saturated rings. The van der Waals surface area contributed by atoms with Gasteiger partial charge in [-0.1, -0.05) is 0 Å². The summed E-state index contributed by atoms with van der Waals surface area (Å²) in [6.45, 7) is 12.4. The maximum atomic E-state index is 11.5. The molecule has 0 aromatic heterocycles. The van der Waals surface area contributed by atoms with Crippen molar-refractivity contribution in [2.45, 2.75) is 104 Å². The minimum Gasteiger partial charge on any atom is -0.444 e. The van der Waals surface area contributed by atoms with E-state index in [1.807, 2.05) is 41.5 Å². The van der Waals surface area contributed by atoms with E-state index >= 15 is 0 Å². The summed E-state index contributed by atoms with van der Waals surface area (Å²) >= 11 is 0. The van der Waals surface area contributed by atoms with Crippen LogP contribution in [0.1, 0.15) is 92.9 Å². The number of hydrogen-bond donors (Lipinski definition) is 6. The van der Waals surface area contributed by atoms with E-state index in [0.717, 1.165) is 51.4 Å². The minimum atomic E-state index is -0.448. The molecule has 2 rings (SSSR count). The van der Waals surface area contributed by atoms with Crippen LogP contribution in [0.2, 0.25) is 0 Å². The smallest absolute Gasteiger partial charge is 0.407 e. The minimum absolute atomic E-state index is 0.239. The highest BCUT2D eigenvalue weighted by Crippen LogP contribution is 2.29. The van der Waals surface area contributed by atoms with Gasteiger partial charge in [0.1, 0.15) is 11.2 Å². The molecule has 0 aliphatic heterocycles. The van der Waals surface area contributed by atoms with Gasteiger partial charge >= 0.3 is 12.2 Å². The normalized spacial score (nSPS) is 24.4. The summed E-state index contributed by atoms with van der Waals surface area (Å²) < 4.78 is 10.4. The molecule has 208 valence electrons. The van der Waals surface area contributed by atoms with E-state index in [0.29, 0.717) is 36.6 Å². The lowest BCUT2D eigenvalue weighted by atomic mass is 9.81. The van der Waals surface area contributed by atoms with Crippen LogP contribution in [0.5, 0.6) is 0 Å². The predicted molar refractivity (Wildman–Crippen MR) is 143 cm³/mol. The van der Waals surface area contributed by atoms with Gasteiger partial charge in [0, 0.05) is 24.9 Å². The Morgan fingerprint density at radius 3 is 1.17 bits per heavy atom. The van der Waals surface area contributed by atoms with Crippen LogP contribution < -0.4 is 22.1 Å². The highest BCUT2D eigenvalue weighted by atomic mass is 16.6. The molecule has 0 saturated heterocycles. The molecule has 0 bridgehead atoms. The molecule has 10 heteroatoms. The molecule has 0 spiro atoms. The van der Waals surface area contributed by atoms with Gasteiger partial charge in [0.15, 0.2) is 0 Å². The lowest BCUT2D eigenvalue weighted by Gasteiger charge is -2.28. The third-order valence-corrected chi connectivity index (χ3v) is 6.44. The number of nitrogens with one attached hydrogen (secondary N) is 4. The molecule has 0 radical (unpaired) electrons. The van der Waals surface area contributed by atoms with Crippen LogP contribution in [0.25, 0.3) is 0 Å². The van der Waals surface area contributed by atoms with Crippen LogP contribution in [0, 0.1) is 34.5 Å². The van der Waals surface area contributed by atoms with Gasteiger partial charge in [-0.3, -0.25) is 10.8 Å². The van der Waals surface area contributed by atoms with Gasteiger partial charge in [-0.05, 0) is 105 Å². The van der Waals surface area contributed by atoms with Crippen molar-refractivity contribution < 1.29 is 19.1 Å². The van der Waals surface area contributed by atoms with Crippen LogP contribution in [0.4, 0.5) is 9.59 Å². The van der Waals surface area contributed by atoms with E-state index in [-0.39, 0.29) is 24.0 Å². The molecule has 2 aliphatic carbocycles. The van der Waals surface area contributed by atoms with Crippen LogP contribution >= 0.6 is 0 Å². The Morgan fingerprint density at radius 2 is 0.944 bits per heavy atom. The van der Waals surface area contributed by atoms with Crippen LogP contribution in [0.3, 0.4) is 0 Å². The van der Waals surface area contributed by atoms with Crippen molar-refractivity contribution in [1.29, 1.82) is 10.8 Å². The molecule has 2 aliphatic rings. The first kappa shape index (κ1) is 31.5. The molecule has 36 heavy (non-hydrogen) atoms. The van der Waals surface area contributed by atoms with Crippen LogP contribution in [-0.2, 0) is 9.47 Å². The molecule has 10 nitrogen and oxygen atoms in total. The number of amidine groups is 2. The summed E-state index contributed by atoms with van der Waals surface area (Å²) in [5.41, 5.74) is 10.1. The number of ether oxygens (including phenoxy) is 2. The number of alkyl carbamates (subject to hydrolysis) is 2. The fourth-order valence-electron chi connectivity index (χ4n) is 4.44. The third kappa shape index (κ3) is 14.1. The zero-order chi connectivity index (χ0) is 27.5. The molecule has 2 amide bonds. The fourth-order valence-corrected chi connectivity index (χ4v) is 4.44. The van der Waals surface area contributed by atoms with Crippen molar-refractivity contribution in [2.75, 3.05) is 13.1 Å². The first-order chi connectivity index (χ1) is 16.6. The Bertz CT molecular complexity index is 666. The number of carbonyl (C=O) groups excluding carboxylic acids is 2. The Morgan fingerprint density at radius 1 is 0.667 bits per heavy atom. The van der Waals surface area contributed by atoms with Crippen LogP contribution in [-0.4, -0.2) is 48.1 Å². The molecule has 8 N–H and O–H groups in total. The van der Waals surface area contributed by atoms with E-state index in [4.69, 9.17) is 31.8 Å². The largest absolute Gasteiger partial charge is 0.444 e. The van der Waals surface area contributed by atoms with Crippen LogP contribution in [0.15, 0.2) is 0 Å². The molecule has 0 atom stereocenters. The SMILES string of the molecule is CC(C)(C)OC(=O)NCC1CCC(C(=N)N)CC1.CC(C)(C)OC(=O)NCC1CCC(C(=N)N)CC1. The van der Waals surface area contributed by atoms with Gasteiger partial charge in [-0.15, -0.1) is 0 Å². The number of carbonyl (C=O) groups is 2. The van der Waals surface area contributed by atoms with Crippen molar-refractivity contribution in [1.82, 2.24) is 10.6 Å². The molecule has 0 heterocycles. The Kier molecular flexibility index (Phi) is 12.5. The molecule has 2 saturated carbocycles. The van der Waals surface area contributed by atoms with Crippen molar-refractivity contribution in [3.63, 3.8) is 0 Å². The quantitative estimate of drug-likeness (QED) is 0.226. The maximum absolute atomic E-state index is 11.5. The number of amides is 2. The highest BCUT2D eigenvalue weighted by molar-refractivity contribution is 5.80. The maximum Gasteiger partial charge on any atom is 0.407 e. The topological polar surface area (TPSA) is 176 Å². The summed E-state index contributed by atoms with van der Waals surface area (Å²) in [6.07, 6.45) is 7.17. The Balaban J connectivity index is 0.000000360. The summed E-state index contributed by atoms with van der Waals surface area (Å²) in [6, 6.07) is 0. The lowest BCUT2D eigenvalue weighted by Crippen LogP contribution is -2.37. The first-order valence-corrected chi connectivity index (χ1v) is 13.2. The van der Waals surface area contributed by atoms with Gasteiger partial charge < -0.3 is 31.6 Å². The molecular weight excluding hydrogens is 460 g/mol. The molecular formula is C26H50N6O4. The van der Waals surface area contributed by atoms with E-state index in [9.17, 15) is 9.59 Å². The Labute approximate surface area is 217 Å². The average Bonchev–Trinajstić information content (AvgIpc) is 2.75. The van der Waals surface area contributed by atoms with Crippen molar-refractivity contribution in [3.05, 3.63) is 0 Å². The van der Waals surface area contributed by atoms with Crippen molar-refractivity contribution in [2.24, 2.45) is 35.1 Å². The first-order valence-electron chi connectivity index (χ1n) is 13.2. The van der Waals surface area contributed by atoms with Gasteiger partial charge in [-0.2, -0.15) is 0 Å². The second-order valence-electron chi connectivity index (χ2n) is 12.1. The Hall–Kier alpha value is -2.52. The number of nitrogens with two attached hydrogens (primary N) is 2. The summed E-state index contributed by atoms with van der Waals surface area (Å²) in [5.74, 6) is 2.04. The highest BCUT2D eigenvalue weighted by Gasteiger charge is 2.25. The number of hydrogen-bond acceptors (Lipinski definition) is 6. The summed E-state index contributed by atoms with van der Waals surface area (Å²) in [7, 11) is 0. The second kappa shape index (κ2) is 14.3. The predicted octanol–water partition coefficient (Wildman–Crippen LogP) is 4.51. The zero-order valence-corrected chi connectivity index (χ0v) is 23.2. The van der Waals surface area contributed by atoms with Crippen molar-refractivity contribution >= 4 is 23.9 Å². The fraction of sp³-hybridized carbons (Fsp3) is 0.846. The number of rotatable bonds is 6.